The summed E-state index contributed by atoms with van der Waals surface area (Å²) in [7, 11) is 1.52. The first kappa shape index (κ1) is 13.5. The summed E-state index contributed by atoms with van der Waals surface area (Å²) >= 11 is 5.80. The molecule has 0 aliphatic carbocycles. The lowest BCUT2D eigenvalue weighted by Gasteiger charge is -2.25. The number of ether oxygens (including phenoxy) is 3. The SMILES string of the molecule is CO[C@@]1(c2cc(OC(F)F)cc(Cl)n2)CCOC1. The molecule has 1 aromatic heterocycles. The van der Waals surface area contributed by atoms with Crippen LogP contribution in [0.15, 0.2) is 12.1 Å². The largest absolute Gasteiger partial charge is 0.435 e. The lowest BCUT2D eigenvalue weighted by Crippen LogP contribution is -2.30. The highest BCUT2D eigenvalue weighted by Gasteiger charge is 2.39. The summed E-state index contributed by atoms with van der Waals surface area (Å²) in [6, 6.07) is 2.63. The minimum Gasteiger partial charge on any atom is -0.435 e. The summed E-state index contributed by atoms with van der Waals surface area (Å²) in [4.78, 5) is 4.10. The van der Waals surface area contributed by atoms with E-state index in [4.69, 9.17) is 21.1 Å². The molecule has 7 heteroatoms. The van der Waals surface area contributed by atoms with Crippen LogP contribution in [0.2, 0.25) is 5.15 Å². The van der Waals surface area contributed by atoms with Crippen molar-refractivity contribution in [1.82, 2.24) is 4.98 Å². The van der Waals surface area contributed by atoms with Crippen molar-refractivity contribution >= 4 is 11.6 Å². The van der Waals surface area contributed by atoms with Gasteiger partial charge >= 0.3 is 6.61 Å². The van der Waals surface area contributed by atoms with E-state index in [-0.39, 0.29) is 10.9 Å². The van der Waals surface area contributed by atoms with Gasteiger partial charge in [0.25, 0.3) is 0 Å². The number of rotatable bonds is 4. The van der Waals surface area contributed by atoms with E-state index in [2.05, 4.69) is 9.72 Å². The van der Waals surface area contributed by atoms with E-state index in [1.807, 2.05) is 0 Å². The predicted molar refractivity (Wildman–Crippen MR) is 60.0 cm³/mol. The first-order valence-corrected chi connectivity index (χ1v) is 5.69. The van der Waals surface area contributed by atoms with Crippen molar-refractivity contribution in [1.29, 1.82) is 0 Å². The third-order valence-corrected chi connectivity index (χ3v) is 3.03. The molecule has 0 aromatic carbocycles. The van der Waals surface area contributed by atoms with Gasteiger partial charge in [-0.2, -0.15) is 8.78 Å². The monoisotopic (exact) mass is 279 g/mol. The first-order valence-electron chi connectivity index (χ1n) is 5.31. The Bertz CT molecular complexity index is 425. The minimum atomic E-state index is -2.91. The van der Waals surface area contributed by atoms with Crippen LogP contribution in [0.3, 0.4) is 0 Å². The zero-order valence-corrected chi connectivity index (χ0v) is 10.4. The Morgan fingerprint density at radius 1 is 1.50 bits per heavy atom. The number of methoxy groups -OCH3 is 1. The number of alkyl halides is 2. The van der Waals surface area contributed by atoms with Gasteiger partial charge in [-0.15, -0.1) is 0 Å². The molecule has 2 heterocycles. The molecular formula is C11H12ClF2NO3. The van der Waals surface area contributed by atoms with Crippen molar-refractivity contribution < 1.29 is 23.0 Å². The molecule has 0 amide bonds. The summed E-state index contributed by atoms with van der Waals surface area (Å²) in [6.07, 6.45) is 0.588. The Kier molecular flexibility index (Phi) is 3.99. The van der Waals surface area contributed by atoms with Gasteiger partial charge in [-0.1, -0.05) is 11.6 Å². The van der Waals surface area contributed by atoms with Crippen LogP contribution in [0.25, 0.3) is 0 Å². The zero-order chi connectivity index (χ0) is 13.2. The molecule has 100 valence electrons. The van der Waals surface area contributed by atoms with E-state index in [0.29, 0.717) is 25.3 Å². The summed E-state index contributed by atoms with van der Waals surface area (Å²) in [5, 5.41) is 0.0754. The lowest BCUT2D eigenvalue weighted by atomic mass is 9.98. The number of halogens is 3. The average molecular weight is 280 g/mol. The molecule has 1 aromatic rings. The Labute approximate surface area is 108 Å². The highest BCUT2D eigenvalue weighted by molar-refractivity contribution is 6.29. The summed E-state index contributed by atoms with van der Waals surface area (Å²) in [5.74, 6) is -0.0386. The first-order chi connectivity index (χ1) is 8.55. The van der Waals surface area contributed by atoms with E-state index >= 15 is 0 Å². The van der Waals surface area contributed by atoms with Crippen LogP contribution in [-0.4, -0.2) is 31.9 Å². The fraction of sp³-hybridized carbons (Fsp3) is 0.545. The van der Waals surface area contributed by atoms with Crippen LogP contribution < -0.4 is 4.74 Å². The van der Waals surface area contributed by atoms with Crippen LogP contribution in [0.1, 0.15) is 12.1 Å². The van der Waals surface area contributed by atoms with E-state index in [0.717, 1.165) is 0 Å². The van der Waals surface area contributed by atoms with Gasteiger partial charge in [0.2, 0.25) is 0 Å². The normalized spacial score (nSPS) is 23.6. The van der Waals surface area contributed by atoms with E-state index < -0.39 is 12.2 Å². The Morgan fingerprint density at radius 2 is 2.28 bits per heavy atom. The standard InChI is InChI=1S/C11H12ClF2NO3/c1-16-11(2-3-17-6-11)8-4-7(18-10(13)14)5-9(12)15-8/h4-5,10H,2-3,6H2,1H3/t11-/m0/s1. The average Bonchev–Trinajstić information content (AvgIpc) is 2.76. The lowest BCUT2D eigenvalue weighted by molar-refractivity contribution is -0.0511. The van der Waals surface area contributed by atoms with Gasteiger partial charge in [-0.25, -0.2) is 4.98 Å². The second-order valence-corrected chi connectivity index (χ2v) is 4.28. The molecule has 1 atom stereocenters. The van der Waals surface area contributed by atoms with Crippen molar-refractivity contribution in [3.63, 3.8) is 0 Å². The van der Waals surface area contributed by atoms with Gasteiger partial charge in [0.05, 0.1) is 12.3 Å². The van der Waals surface area contributed by atoms with Crippen molar-refractivity contribution in [3.05, 3.63) is 23.0 Å². The van der Waals surface area contributed by atoms with Gasteiger partial charge in [0.15, 0.2) is 0 Å². The minimum absolute atomic E-state index is 0.0386. The molecule has 1 saturated heterocycles. The van der Waals surface area contributed by atoms with Gasteiger partial charge < -0.3 is 14.2 Å². The molecule has 1 aliphatic heterocycles. The maximum Gasteiger partial charge on any atom is 0.387 e. The highest BCUT2D eigenvalue weighted by Crippen LogP contribution is 2.35. The topological polar surface area (TPSA) is 40.6 Å². The Morgan fingerprint density at radius 3 is 2.83 bits per heavy atom. The molecule has 18 heavy (non-hydrogen) atoms. The quantitative estimate of drug-likeness (QED) is 0.795. The molecule has 0 N–H and O–H groups in total. The summed E-state index contributed by atoms with van der Waals surface area (Å²) in [5.41, 5.74) is -0.309. The molecule has 1 aliphatic rings. The fourth-order valence-electron chi connectivity index (χ4n) is 1.89. The molecular weight excluding hydrogens is 268 g/mol. The van der Waals surface area contributed by atoms with E-state index in [1.165, 1.54) is 19.2 Å². The molecule has 2 rings (SSSR count). The van der Waals surface area contributed by atoms with E-state index in [9.17, 15) is 8.78 Å². The van der Waals surface area contributed by atoms with E-state index in [1.54, 1.807) is 0 Å². The molecule has 0 unspecified atom stereocenters. The number of pyridine rings is 1. The van der Waals surface area contributed by atoms with Crippen LogP contribution in [0.5, 0.6) is 5.75 Å². The smallest absolute Gasteiger partial charge is 0.387 e. The number of aromatic nitrogens is 1. The third-order valence-electron chi connectivity index (χ3n) is 2.84. The number of hydrogen-bond acceptors (Lipinski definition) is 4. The molecule has 0 saturated carbocycles. The van der Waals surface area contributed by atoms with Crippen molar-refractivity contribution in [2.75, 3.05) is 20.3 Å². The Hall–Kier alpha value is -0.980. The zero-order valence-electron chi connectivity index (χ0n) is 9.66. The number of hydrogen-bond donors (Lipinski definition) is 0. The molecule has 0 bridgehead atoms. The second-order valence-electron chi connectivity index (χ2n) is 3.89. The maximum atomic E-state index is 12.2. The van der Waals surface area contributed by atoms with Crippen molar-refractivity contribution in [2.24, 2.45) is 0 Å². The van der Waals surface area contributed by atoms with Crippen molar-refractivity contribution in [2.45, 2.75) is 18.6 Å². The summed E-state index contributed by atoms with van der Waals surface area (Å²) in [6.45, 7) is -2.08. The molecule has 0 radical (unpaired) electrons. The molecule has 4 nitrogen and oxygen atoms in total. The van der Waals surface area contributed by atoms with Crippen molar-refractivity contribution in [3.8, 4) is 5.75 Å². The maximum absolute atomic E-state index is 12.2. The van der Waals surface area contributed by atoms with Gasteiger partial charge in [-0.05, 0) is 0 Å². The van der Waals surface area contributed by atoms with Crippen LogP contribution in [-0.2, 0) is 15.1 Å². The highest BCUT2D eigenvalue weighted by atomic mass is 35.5. The van der Waals surface area contributed by atoms with Crippen LogP contribution >= 0.6 is 11.6 Å². The Balaban J connectivity index is 2.34. The van der Waals surface area contributed by atoms with Crippen LogP contribution in [0, 0.1) is 0 Å². The predicted octanol–water partition coefficient (Wildman–Crippen LogP) is 2.60. The van der Waals surface area contributed by atoms with Gasteiger partial charge in [0, 0.05) is 32.3 Å². The van der Waals surface area contributed by atoms with Gasteiger partial charge in [-0.3, -0.25) is 0 Å². The molecule has 0 spiro atoms. The van der Waals surface area contributed by atoms with Crippen LogP contribution in [0.4, 0.5) is 8.78 Å². The molecule has 1 fully saturated rings. The third kappa shape index (κ3) is 2.71. The summed E-state index contributed by atoms with van der Waals surface area (Å²) < 4.78 is 39.4. The van der Waals surface area contributed by atoms with Gasteiger partial charge in [0.1, 0.15) is 16.5 Å². The second kappa shape index (κ2) is 5.34. The number of nitrogens with zero attached hydrogens (tertiary/aromatic N) is 1. The fourth-order valence-corrected chi connectivity index (χ4v) is 2.09.